The van der Waals surface area contributed by atoms with Crippen molar-refractivity contribution in [2.24, 2.45) is 0 Å². The van der Waals surface area contributed by atoms with Crippen molar-refractivity contribution >= 4 is 17.2 Å². The number of allylic oxidation sites excluding steroid dienone is 1. The van der Waals surface area contributed by atoms with Crippen LogP contribution < -0.4 is 10.6 Å². The molecule has 0 aliphatic rings. The molecule has 19 heavy (non-hydrogen) atoms. The minimum Gasteiger partial charge on any atom is -0.381 e. The Morgan fingerprint density at radius 1 is 1.32 bits per heavy atom. The second kappa shape index (κ2) is 6.91. The van der Waals surface area contributed by atoms with E-state index in [0.717, 1.165) is 5.70 Å². The van der Waals surface area contributed by atoms with Crippen molar-refractivity contribution in [3.05, 3.63) is 46.7 Å². The lowest BCUT2D eigenvalue weighted by molar-refractivity contribution is 0.652. The Kier molecular flexibility index (Phi) is 5.53. The van der Waals surface area contributed by atoms with Crippen LogP contribution in [-0.2, 0) is 0 Å². The molecule has 100 valence electrons. The third-order valence-electron chi connectivity index (χ3n) is 2.95. The normalized spacial score (nSPS) is 13.0. The van der Waals surface area contributed by atoms with Crippen LogP contribution in [0, 0.1) is 18.3 Å². The number of nitriles is 1. The molecule has 1 aromatic carbocycles. The van der Waals surface area contributed by atoms with E-state index in [0.29, 0.717) is 10.6 Å². The molecule has 1 atom stereocenters. The summed E-state index contributed by atoms with van der Waals surface area (Å²) in [6, 6.07) is 10.6. The maximum absolute atomic E-state index is 9.14. The zero-order chi connectivity index (χ0) is 14.4. The van der Waals surface area contributed by atoms with E-state index in [-0.39, 0.29) is 6.04 Å². The molecule has 4 heteroatoms. The molecule has 3 nitrogen and oxygen atoms in total. The van der Waals surface area contributed by atoms with Crippen LogP contribution in [0.15, 0.2) is 35.5 Å². The average Bonchev–Trinajstić information content (AvgIpc) is 2.39. The van der Waals surface area contributed by atoms with Gasteiger partial charge >= 0.3 is 0 Å². The summed E-state index contributed by atoms with van der Waals surface area (Å²) in [5.41, 5.74) is 3.68. The van der Waals surface area contributed by atoms with E-state index in [1.165, 1.54) is 11.1 Å². The smallest absolute Gasteiger partial charge is 0.118 e. The van der Waals surface area contributed by atoms with Crippen molar-refractivity contribution in [2.45, 2.75) is 26.8 Å². The van der Waals surface area contributed by atoms with Gasteiger partial charge in [-0.3, -0.25) is 0 Å². The van der Waals surface area contributed by atoms with Crippen molar-refractivity contribution in [3.8, 4) is 6.07 Å². The topological polar surface area (TPSA) is 47.9 Å². The minimum absolute atomic E-state index is 0.128. The second-order valence-electron chi connectivity index (χ2n) is 4.47. The Hall–Kier alpha value is -1.86. The fourth-order valence-electron chi connectivity index (χ4n) is 1.77. The van der Waals surface area contributed by atoms with Crippen molar-refractivity contribution in [2.75, 3.05) is 7.05 Å². The molecule has 0 saturated carbocycles. The van der Waals surface area contributed by atoms with Crippen LogP contribution in [0.25, 0.3) is 0 Å². The second-order valence-corrected chi connectivity index (χ2v) is 4.88. The lowest BCUT2D eigenvalue weighted by atomic mass is 10.1. The zero-order valence-electron chi connectivity index (χ0n) is 11.7. The summed E-state index contributed by atoms with van der Waals surface area (Å²) in [4.78, 5) is 0.462. The number of nitrogens with zero attached hydrogens (tertiary/aromatic N) is 1. The summed E-state index contributed by atoms with van der Waals surface area (Å²) in [7, 11) is 1.72. The molecule has 0 spiro atoms. The molecule has 0 aliphatic carbocycles. The molecule has 0 heterocycles. The Bertz CT molecular complexity index is 523. The molecule has 0 radical (unpaired) electrons. The lowest BCUT2D eigenvalue weighted by Gasteiger charge is -2.17. The van der Waals surface area contributed by atoms with Gasteiger partial charge in [-0.1, -0.05) is 42.0 Å². The van der Waals surface area contributed by atoms with Gasteiger partial charge < -0.3 is 10.6 Å². The maximum Gasteiger partial charge on any atom is 0.118 e. The molecule has 0 aliphatic heterocycles. The first-order valence-corrected chi connectivity index (χ1v) is 6.56. The van der Waals surface area contributed by atoms with Crippen LogP contribution in [0.4, 0.5) is 0 Å². The van der Waals surface area contributed by atoms with Gasteiger partial charge in [-0.2, -0.15) is 5.26 Å². The van der Waals surface area contributed by atoms with E-state index in [1.807, 2.05) is 6.92 Å². The average molecular weight is 273 g/mol. The third-order valence-corrected chi connectivity index (χ3v) is 3.36. The van der Waals surface area contributed by atoms with E-state index in [4.69, 9.17) is 17.5 Å². The number of thiocarbonyl (C=S) groups is 1. The van der Waals surface area contributed by atoms with Gasteiger partial charge in [0.25, 0.3) is 0 Å². The molecular formula is C15H19N3S. The molecule has 1 rings (SSSR count). The highest BCUT2D eigenvalue weighted by molar-refractivity contribution is 7.80. The first kappa shape index (κ1) is 15.2. The van der Waals surface area contributed by atoms with Gasteiger partial charge in [-0.05, 0) is 26.3 Å². The molecule has 2 N–H and O–H groups in total. The van der Waals surface area contributed by atoms with Gasteiger partial charge in [-0.25, -0.2) is 0 Å². The number of aryl methyl sites for hydroxylation is 1. The quantitative estimate of drug-likeness (QED) is 0.503. The summed E-state index contributed by atoms with van der Waals surface area (Å²) in [6.45, 7) is 5.99. The standard InChI is InChI=1S/C15H19N3S/c1-10-5-7-13(8-6-10)11(2)18-12(3)14(9-16)15(19)17-4/h5-8,11,18H,1-4H3,(H,17,19). The first-order chi connectivity index (χ1) is 8.99. The minimum atomic E-state index is 0.128. The zero-order valence-corrected chi connectivity index (χ0v) is 12.6. The third kappa shape index (κ3) is 4.08. The van der Waals surface area contributed by atoms with Gasteiger partial charge in [0.15, 0.2) is 0 Å². The van der Waals surface area contributed by atoms with Crippen molar-refractivity contribution in [3.63, 3.8) is 0 Å². The van der Waals surface area contributed by atoms with E-state index >= 15 is 0 Å². The highest BCUT2D eigenvalue weighted by Crippen LogP contribution is 2.15. The van der Waals surface area contributed by atoms with Crippen LogP contribution in [0.3, 0.4) is 0 Å². The van der Waals surface area contributed by atoms with Crippen LogP contribution in [0.2, 0.25) is 0 Å². The molecule has 0 fully saturated rings. The molecular weight excluding hydrogens is 254 g/mol. The molecule has 0 bridgehead atoms. The van der Waals surface area contributed by atoms with Crippen LogP contribution in [0.5, 0.6) is 0 Å². The van der Waals surface area contributed by atoms with Gasteiger partial charge in [0, 0.05) is 18.8 Å². The van der Waals surface area contributed by atoms with Gasteiger partial charge in [-0.15, -0.1) is 0 Å². The molecule has 0 amide bonds. The number of hydrogen-bond donors (Lipinski definition) is 2. The fraction of sp³-hybridized carbons (Fsp3) is 0.333. The predicted octanol–water partition coefficient (Wildman–Crippen LogP) is 2.99. The van der Waals surface area contributed by atoms with Crippen molar-refractivity contribution in [1.82, 2.24) is 10.6 Å². The maximum atomic E-state index is 9.14. The Morgan fingerprint density at radius 2 is 1.89 bits per heavy atom. The first-order valence-electron chi connectivity index (χ1n) is 6.15. The highest BCUT2D eigenvalue weighted by atomic mass is 32.1. The number of rotatable bonds is 4. The van der Waals surface area contributed by atoms with Crippen LogP contribution in [0.1, 0.15) is 31.0 Å². The Morgan fingerprint density at radius 3 is 2.37 bits per heavy atom. The SMILES string of the molecule is CNC(=S)C(C#N)=C(C)NC(C)c1ccc(C)cc1. The van der Waals surface area contributed by atoms with Gasteiger partial charge in [0.05, 0.1) is 0 Å². The van der Waals surface area contributed by atoms with Crippen molar-refractivity contribution in [1.29, 1.82) is 5.26 Å². The van der Waals surface area contributed by atoms with Crippen LogP contribution >= 0.6 is 12.2 Å². The number of likely N-dealkylation sites (N-methyl/N-ethyl adjacent to an activating group) is 1. The highest BCUT2D eigenvalue weighted by Gasteiger charge is 2.10. The summed E-state index contributed by atoms with van der Waals surface area (Å²) in [6.07, 6.45) is 0. The van der Waals surface area contributed by atoms with E-state index < -0.39 is 0 Å². The largest absolute Gasteiger partial charge is 0.381 e. The Balaban J connectivity index is 2.89. The Labute approximate surface area is 120 Å². The lowest BCUT2D eigenvalue weighted by Crippen LogP contribution is -2.24. The van der Waals surface area contributed by atoms with E-state index in [1.54, 1.807) is 7.05 Å². The summed E-state index contributed by atoms with van der Waals surface area (Å²) in [5.74, 6) is 0. The summed E-state index contributed by atoms with van der Waals surface area (Å²) >= 11 is 5.11. The molecule has 1 unspecified atom stereocenters. The predicted molar refractivity (Wildman–Crippen MR) is 82.7 cm³/mol. The van der Waals surface area contributed by atoms with Crippen LogP contribution in [-0.4, -0.2) is 12.0 Å². The van der Waals surface area contributed by atoms with E-state index in [9.17, 15) is 0 Å². The van der Waals surface area contributed by atoms with Gasteiger partial charge in [0.2, 0.25) is 0 Å². The number of nitrogens with one attached hydrogen (secondary N) is 2. The molecule has 1 aromatic rings. The monoisotopic (exact) mass is 273 g/mol. The molecule has 0 saturated heterocycles. The van der Waals surface area contributed by atoms with E-state index in [2.05, 4.69) is 54.8 Å². The number of benzene rings is 1. The fourth-order valence-corrected chi connectivity index (χ4v) is 1.96. The number of hydrogen-bond acceptors (Lipinski definition) is 3. The van der Waals surface area contributed by atoms with Crippen molar-refractivity contribution < 1.29 is 0 Å². The molecule has 0 aromatic heterocycles. The summed E-state index contributed by atoms with van der Waals surface area (Å²) < 4.78 is 0. The summed E-state index contributed by atoms with van der Waals surface area (Å²) in [5, 5.41) is 15.3. The van der Waals surface area contributed by atoms with Gasteiger partial charge in [0.1, 0.15) is 16.6 Å².